The van der Waals surface area contributed by atoms with Gasteiger partial charge in [-0.25, -0.2) is 9.59 Å². The van der Waals surface area contributed by atoms with E-state index in [2.05, 4.69) is 9.84 Å². The van der Waals surface area contributed by atoms with Crippen LogP contribution in [0.25, 0.3) is 0 Å². The Morgan fingerprint density at radius 3 is 2.63 bits per heavy atom. The fourth-order valence-electron chi connectivity index (χ4n) is 2.21. The Bertz CT molecular complexity index is 491. The summed E-state index contributed by atoms with van der Waals surface area (Å²) in [6.07, 6.45) is -0.196. The van der Waals surface area contributed by atoms with Gasteiger partial charge in [0.1, 0.15) is 5.82 Å². The third-order valence-electron chi connectivity index (χ3n) is 3.29. The van der Waals surface area contributed by atoms with Crippen molar-refractivity contribution in [2.45, 2.75) is 18.8 Å². The molecule has 0 aliphatic carbocycles. The van der Waals surface area contributed by atoms with E-state index in [-0.39, 0.29) is 11.7 Å². The molecule has 0 aromatic carbocycles. The smallest absolute Gasteiger partial charge is 0.436 e. The topological polar surface area (TPSA) is 111 Å². The lowest BCUT2D eigenvalue weighted by Gasteiger charge is -2.28. The van der Waals surface area contributed by atoms with Gasteiger partial charge in [-0.3, -0.25) is 0 Å². The molecule has 0 bridgehead atoms. The van der Waals surface area contributed by atoms with Crippen LogP contribution in [-0.4, -0.2) is 52.2 Å². The number of likely N-dealkylation sites (tertiary alicyclic amines) is 1. The second-order valence-electron chi connectivity index (χ2n) is 4.42. The molecule has 2 heterocycles. The zero-order valence-electron chi connectivity index (χ0n) is 10.6. The second-order valence-corrected chi connectivity index (χ2v) is 4.42. The molecule has 0 spiro atoms. The van der Waals surface area contributed by atoms with E-state index in [1.807, 2.05) is 0 Å². The Morgan fingerprint density at radius 1 is 1.47 bits per heavy atom. The lowest BCUT2D eigenvalue weighted by Crippen LogP contribution is -2.36. The van der Waals surface area contributed by atoms with E-state index in [1.165, 1.54) is 12.0 Å². The standard InChI is InChI=1S/C11H16N4O4/c1-19-11(18)15-9(12)6-8(13-15)7-2-4-14(5-3-7)10(16)17/h6-7H,2-5,12H2,1H3,(H,16,17). The first-order valence-corrected chi connectivity index (χ1v) is 5.94. The third kappa shape index (κ3) is 2.61. The fraction of sp³-hybridized carbons (Fsp3) is 0.545. The van der Waals surface area contributed by atoms with Crippen molar-refractivity contribution in [2.24, 2.45) is 0 Å². The van der Waals surface area contributed by atoms with E-state index in [0.29, 0.717) is 31.6 Å². The number of methoxy groups -OCH3 is 1. The summed E-state index contributed by atoms with van der Waals surface area (Å²) in [6.45, 7) is 0.927. The number of nitrogens with zero attached hydrogens (tertiary/aromatic N) is 3. The molecule has 1 aliphatic heterocycles. The summed E-state index contributed by atoms with van der Waals surface area (Å²) in [5, 5.41) is 13.0. The highest BCUT2D eigenvalue weighted by Gasteiger charge is 2.26. The minimum Gasteiger partial charge on any atom is -0.465 e. The summed E-state index contributed by atoms with van der Waals surface area (Å²) in [4.78, 5) is 23.6. The molecule has 0 unspecified atom stereocenters. The Balaban J connectivity index is 2.08. The zero-order chi connectivity index (χ0) is 14.0. The Morgan fingerprint density at radius 2 is 2.11 bits per heavy atom. The summed E-state index contributed by atoms with van der Waals surface area (Å²) < 4.78 is 5.57. The van der Waals surface area contributed by atoms with Crippen molar-refractivity contribution < 1.29 is 19.4 Å². The van der Waals surface area contributed by atoms with Gasteiger partial charge < -0.3 is 20.5 Å². The fourth-order valence-corrected chi connectivity index (χ4v) is 2.21. The van der Waals surface area contributed by atoms with Crippen LogP contribution < -0.4 is 5.73 Å². The van der Waals surface area contributed by atoms with Gasteiger partial charge in [0.05, 0.1) is 12.8 Å². The molecule has 8 nitrogen and oxygen atoms in total. The van der Waals surface area contributed by atoms with Crippen LogP contribution in [0.15, 0.2) is 6.07 Å². The van der Waals surface area contributed by atoms with Crippen molar-refractivity contribution in [2.75, 3.05) is 25.9 Å². The molecule has 1 aliphatic rings. The Kier molecular flexibility index (Phi) is 3.59. The predicted octanol–water partition coefficient (Wildman–Crippen LogP) is 0.937. The zero-order valence-corrected chi connectivity index (χ0v) is 10.6. The Hall–Kier alpha value is -2.25. The molecule has 3 N–H and O–H groups in total. The highest BCUT2D eigenvalue weighted by atomic mass is 16.5. The number of carbonyl (C=O) groups is 2. The number of amides is 1. The molecule has 1 amide bonds. The highest BCUT2D eigenvalue weighted by molar-refractivity contribution is 5.73. The van der Waals surface area contributed by atoms with Crippen molar-refractivity contribution in [1.29, 1.82) is 0 Å². The quantitative estimate of drug-likeness (QED) is 0.784. The number of aromatic nitrogens is 2. The van der Waals surface area contributed by atoms with Crippen LogP contribution in [-0.2, 0) is 4.74 Å². The van der Waals surface area contributed by atoms with Gasteiger partial charge in [-0.1, -0.05) is 0 Å². The van der Waals surface area contributed by atoms with Crippen molar-refractivity contribution in [3.05, 3.63) is 11.8 Å². The van der Waals surface area contributed by atoms with Gasteiger partial charge in [-0.05, 0) is 12.8 Å². The predicted molar refractivity (Wildman–Crippen MR) is 66.0 cm³/mol. The maximum absolute atomic E-state index is 11.4. The second kappa shape index (κ2) is 5.17. The average molecular weight is 268 g/mol. The van der Waals surface area contributed by atoms with Crippen LogP contribution in [0.1, 0.15) is 24.5 Å². The SMILES string of the molecule is COC(=O)n1nc(C2CCN(C(=O)O)CC2)cc1N. The number of nitrogen functional groups attached to an aromatic ring is 1. The van der Waals surface area contributed by atoms with Crippen LogP contribution in [0.4, 0.5) is 15.4 Å². The number of ether oxygens (including phenoxy) is 1. The molecule has 1 saturated heterocycles. The van der Waals surface area contributed by atoms with Crippen molar-refractivity contribution >= 4 is 18.0 Å². The molecule has 2 rings (SSSR count). The molecule has 8 heteroatoms. The first-order valence-electron chi connectivity index (χ1n) is 5.94. The molecule has 19 heavy (non-hydrogen) atoms. The average Bonchev–Trinajstić information content (AvgIpc) is 2.80. The number of carbonyl (C=O) groups excluding carboxylic acids is 1. The van der Waals surface area contributed by atoms with E-state index in [9.17, 15) is 9.59 Å². The number of hydrogen-bond donors (Lipinski definition) is 2. The minimum absolute atomic E-state index is 0.115. The van der Waals surface area contributed by atoms with E-state index in [0.717, 1.165) is 4.68 Å². The third-order valence-corrected chi connectivity index (χ3v) is 3.29. The van der Waals surface area contributed by atoms with Gasteiger partial charge in [0.2, 0.25) is 0 Å². The first kappa shape index (κ1) is 13.2. The molecular weight excluding hydrogens is 252 g/mol. The van der Waals surface area contributed by atoms with Crippen LogP contribution in [0.2, 0.25) is 0 Å². The van der Waals surface area contributed by atoms with Gasteiger partial charge in [-0.2, -0.15) is 5.10 Å². The van der Waals surface area contributed by atoms with Crippen LogP contribution in [0, 0.1) is 0 Å². The number of piperidine rings is 1. The monoisotopic (exact) mass is 268 g/mol. The number of nitrogens with two attached hydrogens (primary N) is 1. The van der Waals surface area contributed by atoms with Crippen LogP contribution >= 0.6 is 0 Å². The summed E-state index contributed by atoms with van der Waals surface area (Å²) in [7, 11) is 1.26. The van der Waals surface area contributed by atoms with Gasteiger partial charge in [-0.15, -0.1) is 4.68 Å². The Labute approximate surface area is 109 Å². The molecular formula is C11H16N4O4. The minimum atomic E-state index is -0.905. The molecule has 0 atom stereocenters. The van der Waals surface area contributed by atoms with Crippen molar-refractivity contribution in [3.8, 4) is 0 Å². The van der Waals surface area contributed by atoms with E-state index >= 15 is 0 Å². The molecule has 1 aromatic rings. The summed E-state index contributed by atoms with van der Waals surface area (Å²) in [5.41, 5.74) is 6.40. The van der Waals surface area contributed by atoms with E-state index in [4.69, 9.17) is 10.8 Å². The maximum Gasteiger partial charge on any atom is 0.436 e. The lowest BCUT2D eigenvalue weighted by molar-refractivity contribution is 0.131. The molecule has 0 saturated carbocycles. The van der Waals surface area contributed by atoms with E-state index < -0.39 is 12.2 Å². The summed E-state index contributed by atoms with van der Waals surface area (Å²) in [6, 6.07) is 1.64. The van der Waals surface area contributed by atoms with Gasteiger partial charge in [0.15, 0.2) is 0 Å². The number of anilines is 1. The highest BCUT2D eigenvalue weighted by Crippen LogP contribution is 2.28. The first-order chi connectivity index (χ1) is 9.02. The molecule has 104 valence electrons. The van der Waals surface area contributed by atoms with Gasteiger partial charge in [0.25, 0.3) is 0 Å². The van der Waals surface area contributed by atoms with Crippen LogP contribution in [0.3, 0.4) is 0 Å². The van der Waals surface area contributed by atoms with Gasteiger partial charge >= 0.3 is 12.2 Å². The maximum atomic E-state index is 11.4. The summed E-state index contributed by atoms with van der Waals surface area (Å²) in [5.74, 6) is 0.339. The van der Waals surface area contributed by atoms with Crippen LogP contribution in [0.5, 0.6) is 0 Å². The molecule has 1 aromatic heterocycles. The van der Waals surface area contributed by atoms with Gasteiger partial charge in [0, 0.05) is 25.1 Å². The number of rotatable bonds is 1. The summed E-state index contributed by atoms with van der Waals surface area (Å²) >= 11 is 0. The molecule has 1 fully saturated rings. The largest absolute Gasteiger partial charge is 0.465 e. The van der Waals surface area contributed by atoms with E-state index in [1.54, 1.807) is 6.07 Å². The number of carboxylic acid groups (broad SMARTS) is 1. The van der Waals surface area contributed by atoms with Crippen molar-refractivity contribution in [3.63, 3.8) is 0 Å². The normalized spacial score (nSPS) is 16.4. The molecule has 0 radical (unpaired) electrons. The number of hydrogen-bond acceptors (Lipinski definition) is 5. The lowest BCUT2D eigenvalue weighted by atomic mass is 9.94. The van der Waals surface area contributed by atoms with Crippen molar-refractivity contribution in [1.82, 2.24) is 14.7 Å².